The summed E-state index contributed by atoms with van der Waals surface area (Å²) in [4.78, 5) is 13.8. The summed E-state index contributed by atoms with van der Waals surface area (Å²) in [6.45, 7) is 4.13. The minimum Gasteiger partial charge on any atom is -0.507 e. The number of carbonyl (C=O) groups excluding carboxylic acids is 1. The molecule has 2 rings (SSSR count). The van der Waals surface area contributed by atoms with Gasteiger partial charge in [0.05, 0.1) is 5.56 Å². The van der Waals surface area contributed by atoms with E-state index in [4.69, 9.17) is 0 Å². The Morgan fingerprint density at radius 3 is 2.50 bits per heavy atom. The van der Waals surface area contributed by atoms with E-state index in [-0.39, 0.29) is 23.4 Å². The standard InChI is InChI=1S/C15H22N2O3/c1-11(15-12(18)5-4-6-13(15)19)16-8-7-14(20)17-9-2-3-10-17/h4-6,11,16,18-19H,2-3,7-10H2,1H3. The Morgan fingerprint density at radius 2 is 1.90 bits per heavy atom. The van der Waals surface area contributed by atoms with Crippen molar-refractivity contribution in [3.05, 3.63) is 23.8 Å². The summed E-state index contributed by atoms with van der Waals surface area (Å²) in [5.41, 5.74) is 0.473. The molecular weight excluding hydrogens is 256 g/mol. The largest absolute Gasteiger partial charge is 0.507 e. The van der Waals surface area contributed by atoms with Gasteiger partial charge < -0.3 is 20.4 Å². The molecule has 5 nitrogen and oxygen atoms in total. The summed E-state index contributed by atoms with van der Waals surface area (Å²) in [6.07, 6.45) is 2.64. The van der Waals surface area contributed by atoms with E-state index in [0.29, 0.717) is 18.5 Å². The highest BCUT2D eigenvalue weighted by atomic mass is 16.3. The fourth-order valence-electron chi connectivity index (χ4n) is 2.61. The third-order valence-electron chi connectivity index (χ3n) is 3.74. The molecule has 1 aromatic carbocycles. The molecule has 1 unspecified atom stereocenters. The average Bonchev–Trinajstić information content (AvgIpc) is 2.92. The molecule has 110 valence electrons. The van der Waals surface area contributed by atoms with Gasteiger partial charge in [-0.3, -0.25) is 4.79 Å². The number of phenolic OH excluding ortho intramolecular Hbond substituents is 2. The van der Waals surface area contributed by atoms with Crippen LogP contribution in [0.4, 0.5) is 0 Å². The average molecular weight is 278 g/mol. The predicted molar refractivity (Wildman–Crippen MR) is 76.6 cm³/mol. The molecule has 1 heterocycles. The Morgan fingerprint density at radius 1 is 1.30 bits per heavy atom. The van der Waals surface area contributed by atoms with Gasteiger partial charge in [0.2, 0.25) is 5.91 Å². The summed E-state index contributed by atoms with van der Waals surface area (Å²) >= 11 is 0. The number of hydrogen-bond donors (Lipinski definition) is 3. The molecule has 1 atom stereocenters. The number of nitrogens with zero attached hydrogens (tertiary/aromatic N) is 1. The lowest BCUT2D eigenvalue weighted by atomic mass is 10.1. The molecule has 0 saturated carbocycles. The van der Waals surface area contributed by atoms with E-state index in [1.54, 1.807) is 18.2 Å². The van der Waals surface area contributed by atoms with Gasteiger partial charge in [-0.15, -0.1) is 0 Å². The van der Waals surface area contributed by atoms with Crippen LogP contribution in [0.1, 0.15) is 37.8 Å². The molecule has 0 bridgehead atoms. The van der Waals surface area contributed by atoms with Gasteiger partial charge in [0.1, 0.15) is 11.5 Å². The van der Waals surface area contributed by atoms with Crippen molar-refractivity contribution < 1.29 is 15.0 Å². The highest BCUT2D eigenvalue weighted by Gasteiger charge is 2.18. The van der Waals surface area contributed by atoms with Crippen LogP contribution in [0.15, 0.2) is 18.2 Å². The maximum Gasteiger partial charge on any atom is 0.223 e. The minimum absolute atomic E-state index is 0.0656. The van der Waals surface area contributed by atoms with E-state index >= 15 is 0 Å². The van der Waals surface area contributed by atoms with Crippen LogP contribution in [0, 0.1) is 0 Å². The first-order valence-corrected chi connectivity index (χ1v) is 7.11. The Balaban J connectivity index is 1.83. The topological polar surface area (TPSA) is 72.8 Å². The second-order valence-corrected chi connectivity index (χ2v) is 5.22. The van der Waals surface area contributed by atoms with Gasteiger partial charge >= 0.3 is 0 Å². The first kappa shape index (κ1) is 14.7. The number of amides is 1. The second kappa shape index (κ2) is 6.61. The molecule has 20 heavy (non-hydrogen) atoms. The number of phenols is 2. The predicted octanol–water partition coefficient (Wildman–Crippen LogP) is 1.76. The normalized spacial score (nSPS) is 16.4. The van der Waals surface area contributed by atoms with E-state index in [2.05, 4.69) is 5.32 Å². The molecule has 5 heteroatoms. The van der Waals surface area contributed by atoms with Crippen molar-refractivity contribution in [2.45, 2.75) is 32.2 Å². The van der Waals surface area contributed by atoms with E-state index in [9.17, 15) is 15.0 Å². The summed E-state index contributed by atoms with van der Waals surface area (Å²) < 4.78 is 0. The van der Waals surface area contributed by atoms with Crippen LogP contribution in [0.5, 0.6) is 11.5 Å². The van der Waals surface area contributed by atoms with E-state index in [0.717, 1.165) is 25.9 Å². The first-order valence-electron chi connectivity index (χ1n) is 7.11. The smallest absolute Gasteiger partial charge is 0.223 e. The molecule has 1 aliphatic heterocycles. The van der Waals surface area contributed by atoms with E-state index in [1.807, 2.05) is 11.8 Å². The van der Waals surface area contributed by atoms with Crippen molar-refractivity contribution >= 4 is 5.91 Å². The maximum atomic E-state index is 11.9. The molecule has 1 amide bonds. The van der Waals surface area contributed by atoms with Crippen LogP contribution in [0.25, 0.3) is 0 Å². The van der Waals surface area contributed by atoms with Crippen molar-refractivity contribution in [3.8, 4) is 11.5 Å². The summed E-state index contributed by atoms with van der Waals surface area (Å²) in [5.74, 6) is 0.301. The van der Waals surface area contributed by atoms with Crippen LogP contribution in [0.3, 0.4) is 0 Å². The number of hydrogen-bond acceptors (Lipinski definition) is 4. The lowest BCUT2D eigenvalue weighted by molar-refractivity contribution is -0.130. The molecule has 0 aliphatic carbocycles. The highest BCUT2D eigenvalue weighted by Crippen LogP contribution is 2.31. The molecule has 1 fully saturated rings. The van der Waals surface area contributed by atoms with Crippen LogP contribution < -0.4 is 5.32 Å². The minimum atomic E-state index is -0.206. The molecule has 0 aromatic heterocycles. The number of benzene rings is 1. The van der Waals surface area contributed by atoms with Gasteiger partial charge in [-0.25, -0.2) is 0 Å². The van der Waals surface area contributed by atoms with Crippen molar-refractivity contribution in [2.75, 3.05) is 19.6 Å². The zero-order valence-electron chi connectivity index (χ0n) is 11.8. The van der Waals surface area contributed by atoms with Gasteiger partial charge in [-0.2, -0.15) is 0 Å². The van der Waals surface area contributed by atoms with Crippen molar-refractivity contribution in [3.63, 3.8) is 0 Å². The summed E-state index contributed by atoms with van der Waals surface area (Å²) in [6, 6.07) is 4.48. The third kappa shape index (κ3) is 3.42. The fraction of sp³-hybridized carbons (Fsp3) is 0.533. The van der Waals surface area contributed by atoms with Crippen molar-refractivity contribution in [1.29, 1.82) is 0 Å². The first-order chi connectivity index (χ1) is 9.59. The number of nitrogens with one attached hydrogen (secondary N) is 1. The maximum absolute atomic E-state index is 11.9. The zero-order valence-corrected chi connectivity index (χ0v) is 11.8. The number of likely N-dealkylation sites (tertiary alicyclic amines) is 1. The van der Waals surface area contributed by atoms with Gasteiger partial charge in [-0.05, 0) is 31.9 Å². The van der Waals surface area contributed by atoms with Gasteiger partial charge in [0.15, 0.2) is 0 Å². The number of rotatable bonds is 5. The van der Waals surface area contributed by atoms with E-state index < -0.39 is 0 Å². The zero-order chi connectivity index (χ0) is 14.5. The SMILES string of the molecule is CC(NCCC(=O)N1CCCC1)c1c(O)cccc1O. The molecule has 1 aromatic rings. The second-order valence-electron chi connectivity index (χ2n) is 5.22. The van der Waals surface area contributed by atoms with Crippen LogP contribution in [-0.4, -0.2) is 40.7 Å². The Kier molecular flexibility index (Phi) is 4.84. The molecule has 0 radical (unpaired) electrons. The Bertz CT molecular complexity index is 450. The van der Waals surface area contributed by atoms with Crippen LogP contribution in [-0.2, 0) is 4.79 Å². The fourth-order valence-corrected chi connectivity index (χ4v) is 2.61. The van der Waals surface area contributed by atoms with Crippen molar-refractivity contribution in [2.24, 2.45) is 0 Å². The van der Waals surface area contributed by atoms with E-state index in [1.165, 1.54) is 0 Å². The van der Waals surface area contributed by atoms with Crippen LogP contribution in [0.2, 0.25) is 0 Å². The molecular formula is C15H22N2O3. The lowest BCUT2D eigenvalue weighted by Gasteiger charge is -2.18. The Hall–Kier alpha value is -1.75. The van der Waals surface area contributed by atoms with Gasteiger partial charge in [0.25, 0.3) is 0 Å². The Labute approximate surface area is 119 Å². The molecule has 1 aliphatic rings. The molecule has 1 saturated heterocycles. The quantitative estimate of drug-likeness (QED) is 0.767. The summed E-state index contributed by atoms with van der Waals surface area (Å²) in [7, 11) is 0. The number of carbonyl (C=O) groups is 1. The van der Waals surface area contributed by atoms with Gasteiger partial charge in [-0.1, -0.05) is 6.07 Å². The molecule has 0 spiro atoms. The van der Waals surface area contributed by atoms with Crippen LogP contribution >= 0.6 is 0 Å². The van der Waals surface area contributed by atoms with Gasteiger partial charge in [0, 0.05) is 32.1 Å². The third-order valence-corrected chi connectivity index (χ3v) is 3.74. The monoisotopic (exact) mass is 278 g/mol. The lowest BCUT2D eigenvalue weighted by Crippen LogP contribution is -2.31. The van der Waals surface area contributed by atoms with Crippen molar-refractivity contribution in [1.82, 2.24) is 10.2 Å². The highest BCUT2D eigenvalue weighted by molar-refractivity contribution is 5.76. The number of aromatic hydroxyl groups is 2. The summed E-state index contributed by atoms with van der Waals surface area (Å²) in [5, 5.41) is 22.7. The molecule has 3 N–H and O–H groups in total.